The maximum absolute atomic E-state index is 11.7. The summed E-state index contributed by atoms with van der Waals surface area (Å²) in [6.07, 6.45) is 0. The quantitative estimate of drug-likeness (QED) is 0.707. The molecule has 1 aromatic carbocycles. The number of benzene rings is 1. The van der Waals surface area contributed by atoms with Gasteiger partial charge in [0.25, 0.3) is 5.91 Å². The Morgan fingerprint density at radius 1 is 1.50 bits per heavy atom. The molecule has 1 aromatic rings. The summed E-state index contributed by atoms with van der Waals surface area (Å²) in [6.45, 7) is 2.58. The first-order chi connectivity index (χ1) is 7.65. The zero-order chi connectivity index (χ0) is 11.7. The first-order valence-electron chi connectivity index (χ1n) is 5.19. The van der Waals surface area contributed by atoms with Gasteiger partial charge in [0, 0.05) is 19.2 Å². The lowest BCUT2D eigenvalue weighted by Crippen LogP contribution is -2.17. The van der Waals surface area contributed by atoms with E-state index in [-0.39, 0.29) is 11.9 Å². The van der Waals surface area contributed by atoms with Crippen LogP contribution in [0, 0.1) is 0 Å². The SMILES string of the molecule is CCOC(=O)c1cccc2c1CN(C)C2=O. The molecule has 0 radical (unpaired) electrons. The second-order valence-electron chi connectivity index (χ2n) is 3.71. The number of carbonyl (C=O) groups excluding carboxylic acids is 2. The zero-order valence-electron chi connectivity index (χ0n) is 9.32. The van der Waals surface area contributed by atoms with Gasteiger partial charge in [-0.25, -0.2) is 4.79 Å². The van der Waals surface area contributed by atoms with Crippen LogP contribution >= 0.6 is 0 Å². The molecule has 4 heteroatoms. The molecule has 2 rings (SSSR count). The van der Waals surface area contributed by atoms with Crippen LogP contribution < -0.4 is 0 Å². The number of nitrogens with zero attached hydrogens (tertiary/aromatic N) is 1. The minimum absolute atomic E-state index is 0.0406. The summed E-state index contributed by atoms with van der Waals surface area (Å²) in [4.78, 5) is 25.0. The third kappa shape index (κ3) is 1.56. The lowest BCUT2D eigenvalue weighted by molar-refractivity contribution is 0.0524. The van der Waals surface area contributed by atoms with Crippen molar-refractivity contribution in [3.8, 4) is 0 Å². The molecule has 4 nitrogen and oxygen atoms in total. The molecule has 16 heavy (non-hydrogen) atoms. The van der Waals surface area contributed by atoms with Crippen molar-refractivity contribution in [1.82, 2.24) is 4.90 Å². The molecule has 0 spiro atoms. The molecule has 1 heterocycles. The topological polar surface area (TPSA) is 46.6 Å². The number of rotatable bonds is 2. The standard InChI is InChI=1S/C12H13NO3/c1-3-16-12(15)9-6-4-5-8-10(9)7-13(2)11(8)14/h4-6H,3,7H2,1-2H3. The molecule has 1 aliphatic heterocycles. The highest BCUT2D eigenvalue weighted by atomic mass is 16.5. The molecule has 0 bridgehead atoms. The lowest BCUT2D eigenvalue weighted by Gasteiger charge is -2.07. The summed E-state index contributed by atoms with van der Waals surface area (Å²) in [5.74, 6) is -0.399. The normalized spacial score (nSPS) is 13.9. The number of hydrogen-bond acceptors (Lipinski definition) is 3. The van der Waals surface area contributed by atoms with Gasteiger partial charge in [0.2, 0.25) is 0 Å². The molecule has 0 fully saturated rings. The molecule has 0 saturated carbocycles. The molecule has 1 aliphatic rings. The first-order valence-corrected chi connectivity index (χ1v) is 5.19. The lowest BCUT2D eigenvalue weighted by atomic mass is 10.0. The van der Waals surface area contributed by atoms with Gasteiger partial charge < -0.3 is 9.64 Å². The number of carbonyl (C=O) groups is 2. The highest BCUT2D eigenvalue weighted by Crippen LogP contribution is 2.25. The van der Waals surface area contributed by atoms with Crippen molar-refractivity contribution in [3.05, 3.63) is 34.9 Å². The van der Waals surface area contributed by atoms with E-state index >= 15 is 0 Å². The molecule has 0 N–H and O–H groups in total. The highest BCUT2D eigenvalue weighted by molar-refractivity contribution is 6.02. The summed E-state index contributed by atoms with van der Waals surface area (Å²) in [7, 11) is 1.72. The van der Waals surface area contributed by atoms with Crippen molar-refractivity contribution in [1.29, 1.82) is 0 Å². The van der Waals surface area contributed by atoms with Crippen LogP contribution in [0.2, 0.25) is 0 Å². The van der Waals surface area contributed by atoms with E-state index in [0.717, 1.165) is 5.56 Å². The van der Waals surface area contributed by atoms with Gasteiger partial charge in [-0.15, -0.1) is 0 Å². The summed E-state index contributed by atoms with van der Waals surface area (Å²) >= 11 is 0. The third-order valence-corrected chi connectivity index (χ3v) is 2.64. The van der Waals surface area contributed by atoms with Gasteiger partial charge in [0.15, 0.2) is 0 Å². The fraction of sp³-hybridized carbons (Fsp3) is 0.333. The van der Waals surface area contributed by atoms with E-state index in [0.29, 0.717) is 24.3 Å². The van der Waals surface area contributed by atoms with Gasteiger partial charge >= 0.3 is 5.97 Å². The number of hydrogen-bond donors (Lipinski definition) is 0. The van der Waals surface area contributed by atoms with E-state index in [2.05, 4.69) is 0 Å². The summed E-state index contributed by atoms with van der Waals surface area (Å²) in [5.41, 5.74) is 1.87. The monoisotopic (exact) mass is 219 g/mol. The molecule has 0 unspecified atom stereocenters. The fourth-order valence-corrected chi connectivity index (χ4v) is 1.87. The second-order valence-corrected chi connectivity index (χ2v) is 3.71. The van der Waals surface area contributed by atoms with E-state index in [9.17, 15) is 9.59 Å². The van der Waals surface area contributed by atoms with Crippen LogP contribution in [-0.2, 0) is 11.3 Å². The first kappa shape index (κ1) is 10.7. The zero-order valence-corrected chi connectivity index (χ0v) is 9.32. The van der Waals surface area contributed by atoms with Crippen LogP contribution in [0.3, 0.4) is 0 Å². The summed E-state index contributed by atoms with van der Waals surface area (Å²) in [5, 5.41) is 0. The molecule has 84 valence electrons. The van der Waals surface area contributed by atoms with Crippen LogP contribution in [0.25, 0.3) is 0 Å². The van der Waals surface area contributed by atoms with Gasteiger partial charge in [-0.1, -0.05) is 6.07 Å². The number of esters is 1. The third-order valence-electron chi connectivity index (χ3n) is 2.64. The second kappa shape index (κ2) is 3.96. The Bertz CT molecular complexity index is 454. The maximum Gasteiger partial charge on any atom is 0.338 e. The average molecular weight is 219 g/mol. The summed E-state index contributed by atoms with van der Waals surface area (Å²) in [6, 6.07) is 5.15. The van der Waals surface area contributed by atoms with Crippen LogP contribution in [0.15, 0.2) is 18.2 Å². The molecule has 0 aliphatic carbocycles. The van der Waals surface area contributed by atoms with Gasteiger partial charge in [0.1, 0.15) is 0 Å². The Kier molecular flexibility index (Phi) is 2.64. The predicted octanol–water partition coefficient (Wildman–Crippen LogP) is 1.45. The van der Waals surface area contributed by atoms with E-state index in [4.69, 9.17) is 4.74 Å². The van der Waals surface area contributed by atoms with E-state index < -0.39 is 0 Å². The van der Waals surface area contributed by atoms with Crippen molar-refractivity contribution >= 4 is 11.9 Å². The number of fused-ring (bicyclic) bond motifs is 1. The smallest absolute Gasteiger partial charge is 0.338 e. The minimum atomic E-state index is -0.359. The number of amides is 1. The molecule has 1 amide bonds. The van der Waals surface area contributed by atoms with E-state index in [1.165, 1.54) is 0 Å². The Morgan fingerprint density at radius 3 is 2.94 bits per heavy atom. The largest absolute Gasteiger partial charge is 0.462 e. The number of ether oxygens (including phenoxy) is 1. The van der Waals surface area contributed by atoms with Gasteiger partial charge in [-0.2, -0.15) is 0 Å². The van der Waals surface area contributed by atoms with Gasteiger partial charge in [-0.3, -0.25) is 4.79 Å². The maximum atomic E-state index is 11.7. The van der Waals surface area contributed by atoms with Gasteiger partial charge in [-0.05, 0) is 24.6 Å². The van der Waals surface area contributed by atoms with Crippen molar-refractivity contribution in [2.24, 2.45) is 0 Å². The molecule has 0 atom stereocenters. The van der Waals surface area contributed by atoms with Crippen molar-refractivity contribution in [2.75, 3.05) is 13.7 Å². The Balaban J connectivity index is 2.44. The predicted molar refractivity (Wildman–Crippen MR) is 58.2 cm³/mol. The average Bonchev–Trinajstić information content (AvgIpc) is 2.55. The molecule has 0 aromatic heterocycles. The highest BCUT2D eigenvalue weighted by Gasteiger charge is 2.28. The Morgan fingerprint density at radius 2 is 2.25 bits per heavy atom. The minimum Gasteiger partial charge on any atom is -0.462 e. The fourth-order valence-electron chi connectivity index (χ4n) is 1.87. The van der Waals surface area contributed by atoms with Crippen LogP contribution in [0.4, 0.5) is 0 Å². The van der Waals surface area contributed by atoms with E-state index in [1.54, 1.807) is 37.1 Å². The Labute approximate surface area is 93.8 Å². The van der Waals surface area contributed by atoms with Gasteiger partial charge in [0.05, 0.1) is 12.2 Å². The Hall–Kier alpha value is -1.84. The van der Waals surface area contributed by atoms with E-state index in [1.807, 2.05) is 0 Å². The van der Waals surface area contributed by atoms with Crippen LogP contribution in [-0.4, -0.2) is 30.4 Å². The molecular weight excluding hydrogens is 206 g/mol. The van der Waals surface area contributed by atoms with Crippen molar-refractivity contribution < 1.29 is 14.3 Å². The molecule has 0 saturated heterocycles. The van der Waals surface area contributed by atoms with Crippen LogP contribution in [0.5, 0.6) is 0 Å². The summed E-state index contributed by atoms with van der Waals surface area (Å²) < 4.78 is 4.95. The van der Waals surface area contributed by atoms with Crippen molar-refractivity contribution in [2.45, 2.75) is 13.5 Å². The van der Waals surface area contributed by atoms with Crippen molar-refractivity contribution in [3.63, 3.8) is 0 Å². The van der Waals surface area contributed by atoms with Crippen LogP contribution in [0.1, 0.15) is 33.2 Å². The molecular formula is C12H13NO3.